The Bertz CT molecular complexity index is 3920. The number of hydrogen-bond acceptors (Lipinski definition) is 4. The Morgan fingerprint density at radius 3 is 1.56 bits per heavy atom. The van der Waals surface area contributed by atoms with Crippen molar-refractivity contribution < 1.29 is 25.8 Å². The van der Waals surface area contributed by atoms with Crippen LogP contribution in [-0.4, -0.2) is 9.55 Å². The molecule has 11 aromatic rings. The summed E-state index contributed by atoms with van der Waals surface area (Å²) < 4.78 is 9.53. The molecule has 5 nitrogen and oxygen atoms in total. The monoisotopic (exact) mass is 1190 g/mol. The van der Waals surface area contributed by atoms with Gasteiger partial charge in [0.1, 0.15) is 5.82 Å². The zero-order valence-corrected chi connectivity index (χ0v) is 48.1. The quantitative estimate of drug-likeness (QED) is 0.135. The van der Waals surface area contributed by atoms with E-state index >= 15 is 0 Å². The summed E-state index contributed by atoms with van der Waals surface area (Å²) in [6.45, 7) is 22.6. The second-order valence-electron chi connectivity index (χ2n) is 23.4. The first-order chi connectivity index (χ1) is 37.1. The molecule has 9 aromatic carbocycles. The fraction of sp³-hybridized carbons (Fsp3) is 0.167. The number of ether oxygens (including phenoxy) is 1. The van der Waals surface area contributed by atoms with Gasteiger partial charge in [-0.05, 0) is 79.3 Å². The van der Waals surface area contributed by atoms with Crippen LogP contribution in [0.1, 0.15) is 79.0 Å². The number of anilines is 4. The maximum absolute atomic E-state index is 7.26. The van der Waals surface area contributed by atoms with Crippen molar-refractivity contribution in [3.63, 3.8) is 0 Å². The summed E-state index contributed by atoms with van der Waals surface area (Å²) in [7, 11) is 0. The predicted octanol–water partition coefficient (Wildman–Crippen LogP) is 19.5. The van der Waals surface area contributed by atoms with Gasteiger partial charge in [-0.3, -0.25) is 0 Å². The molecule has 0 aliphatic carbocycles. The van der Waals surface area contributed by atoms with Crippen molar-refractivity contribution in [2.24, 2.45) is 0 Å². The molecule has 0 N–H and O–H groups in total. The average Bonchev–Trinajstić information content (AvgIpc) is 4.08. The van der Waals surface area contributed by atoms with Crippen LogP contribution in [0.15, 0.2) is 212 Å². The van der Waals surface area contributed by atoms with E-state index in [0.717, 1.165) is 100 Å². The number of benzene rings is 9. The largest absolute Gasteiger partial charge is 0.509 e. The van der Waals surface area contributed by atoms with Crippen LogP contribution in [0, 0.1) is 18.8 Å². The molecule has 0 atom stereocenters. The summed E-state index contributed by atoms with van der Waals surface area (Å²) >= 11 is 0. The zero-order valence-electron chi connectivity index (χ0n) is 45.8. The van der Waals surface area contributed by atoms with E-state index in [4.69, 9.17) is 9.72 Å². The van der Waals surface area contributed by atoms with Crippen LogP contribution in [0.3, 0.4) is 0 Å². The van der Waals surface area contributed by atoms with Gasteiger partial charge in [-0.1, -0.05) is 237 Å². The summed E-state index contributed by atoms with van der Waals surface area (Å²) in [6, 6.07) is 81.4. The third-order valence-electron chi connectivity index (χ3n) is 15.0. The van der Waals surface area contributed by atoms with Crippen molar-refractivity contribution in [1.82, 2.24) is 9.55 Å². The first kappa shape index (κ1) is 52.1. The Labute approximate surface area is 475 Å². The van der Waals surface area contributed by atoms with Gasteiger partial charge in [0.15, 0.2) is 0 Å². The second-order valence-corrected chi connectivity index (χ2v) is 23.4. The average molecular weight is 1200 g/mol. The molecular formula is C72H63N4OPt-3. The van der Waals surface area contributed by atoms with E-state index in [-0.39, 0.29) is 37.3 Å². The molecule has 0 spiro atoms. The van der Waals surface area contributed by atoms with Crippen molar-refractivity contribution in [2.75, 3.05) is 9.80 Å². The van der Waals surface area contributed by atoms with Crippen molar-refractivity contribution in [1.29, 1.82) is 0 Å². The number of nitrogens with zero attached hydrogens (tertiary/aromatic N) is 4. The smallest absolute Gasteiger partial charge is 0.135 e. The van der Waals surface area contributed by atoms with Crippen LogP contribution < -0.4 is 14.5 Å². The van der Waals surface area contributed by atoms with Crippen LogP contribution in [0.25, 0.3) is 72.1 Å². The number of para-hydroxylation sites is 4. The van der Waals surface area contributed by atoms with Gasteiger partial charge in [-0.25, -0.2) is 4.98 Å². The SMILES string of the molecule is CC(C)(C)c1ccc(-c2cc(Oc3[c-]c(N4[CH-]N(c5c(-c6ccccc6)cccc5-c5ccccc5)c5ccccc54)cc(C(C)(C)C)c3)[c-]c3c2c2ccccc2n3-c2cc(C(C)(C)C)c(-c3ccccc3)cn2)cc1.[Pt]. The minimum Gasteiger partial charge on any atom is -0.509 e. The molecule has 12 rings (SSSR count). The number of rotatable bonds is 9. The van der Waals surface area contributed by atoms with Gasteiger partial charge < -0.3 is 19.1 Å². The molecule has 0 bridgehead atoms. The van der Waals surface area contributed by atoms with E-state index in [1.807, 2.05) is 6.20 Å². The zero-order chi connectivity index (χ0) is 53.2. The van der Waals surface area contributed by atoms with E-state index in [2.05, 4.69) is 302 Å². The molecule has 1 aliphatic rings. The van der Waals surface area contributed by atoms with Crippen molar-refractivity contribution >= 4 is 44.6 Å². The molecule has 0 radical (unpaired) electrons. The molecule has 0 amide bonds. The van der Waals surface area contributed by atoms with Gasteiger partial charge in [-0.15, -0.1) is 53.8 Å². The van der Waals surface area contributed by atoms with Crippen LogP contribution in [0.2, 0.25) is 0 Å². The maximum Gasteiger partial charge on any atom is 0.135 e. The van der Waals surface area contributed by atoms with Crippen molar-refractivity contribution in [2.45, 2.75) is 78.6 Å². The van der Waals surface area contributed by atoms with E-state index in [9.17, 15) is 0 Å². The Morgan fingerprint density at radius 1 is 0.449 bits per heavy atom. The fourth-order valence-corrected chi connectivity index (χ4v) is 10.9. The third-order valence-corrected chi connectivity index (χ3v) is 15.0. The predicted molar refractivity (Wildman–Crippen MR) is 322 cm³/mol. The Balaban J connectivity index is 0.00000645. The van der Waals surface area contributed by atoms with E-state index in [0.29, 0.717) is 11.5 Å². The summed E-state index contributed by atoms with van der Waals surface area (Å²) in [6.07, 6.45) is 2.05. The van der Waals surface area contributed by atoms with Crippen molar-refractivity contribution in [3.8, 4) is 61.8 Å². The number of hydrogen-bond donors (Lipinski definition) is 0. The number of pyridine rings is 1. The Kier molecular flexibility index (Phi) is 13.6. The standard InChI is InChI=1S/C72H63N4O.Pt/c1-70(2,3)52-38-36-51(37-39-52)60-43-56(44-66-68(60)59-30-19-20-33-63(59)76(66)67-45-62(72(7,8)9)61(46-73-67)50-28-17-12-18-29-50)77-55-41-53(71(4,5)6)40-54(42-55)74-47-75(65-35-22-21-34-64(65)74)69-57(48-24-13-10-14-25-48)31-23-32-58(69)49-26-15-11-16-27-49;/h10-41,43,45-47H,1-9H3;/q-3;. The van der Waals surface area contributed by atoms with Gasteiger partial charge in [0.2, 0.25) is 0 Å². The third kappa shape index (κ3) is 9.75. The van der Waals surface area contributed by atoms with Crippen LogP contribution >= 0.6 is 0 Å². The fourth-order valence-electron chi connectivity index (χ4n) is 10.9. The minimum absolute atomic E-state index is 0. The molecular weight excluding hydrogens is 1130 g/mol. The first-order valence-electron chi connectivity index (χ1n) is 26.8. The maximum atomic E-state index is 7.26. The van der Waals surface area contributed by atoms with Gasteiger partial charge >= 0.3 is 0 Å². The van der Waals surface area contributed by atoms with E-state index in [1.165, 1.54) is 11.1 Å². The Hall–Kier alpha value is -7.98. The van der Waals surface area contributed by atoms with Gasteiger partial charge in [0, 0.05) is 78.0 Å². The minimum atomic E-state index is -0.232. The molecule has 0 saturated carbocycles. The molecule has 78 heavy (non-hydrogen) atoms. The normalized spacial score (nSPS) is 12.7. The Morgan fingerprint density at radius 2 is 0.974 bits per heavy atom. The second kappa shape index (κ2) is 20.4. The summed E-state index contributed by atoms with van der Waals surface area (Å²) in [5.74, 6) is 2.00. The van der Waals surface area contributed by atoms with Gasteiger partial charge in [-0.2, -0.15) is 0 Å². The van der Waals surface area contributed by atoms with Crippen LogP contribution in [0.4, 0.5) is 22.7 Å². The van der Waals surface area contributed by atoms with Crippen LogP contribution in [0.5, 0.6) is 11.5 Å². The summed E-state index contributed by atoms with van der Waals surface area (Å²) in [5, 5.41) is 2.21. The molecule has 2 aromatic heterocycles. The molecule has 0 saturated heterocycles. The van der Waals surface area contributed by atoms with Crippen molar-refractivity contribution in [3.05, 3.63) is 248 Å². The molecule has 1 aliphatic heterocycles. The molecule has 3 heterocycles. The topological polar surface area (TPSA) is 33.5 Å². The first-order valence-corrected chi connectivity index (χ1v) is 26.8. The van der Waals surface area contributed by atoms with E-state index < -0.39 is 0 Å². The van der Waals surface area contributed by atoms with Gasteiger partial charge in [0.25, 0.3) is 0 Å². The van der Waals surface area contributed by atoms with Crippen LogP contribution in [-0.2, 0) is 37.3 Å². The molecule has 6 heteroatoms. The molecule has 0 unspecified atom stereocenters. The van der Waals surface area contributed by atoms with E-state index in [1.54, 1.807) is 0 Å². The number of fused-ring (bicyclic) bond motifs is 4. The summed E-state index contributed by atoms with van der Waals surface area (Å²) in [4.78, 5) is 9.91. The van der Waals surface area contributed by atoms with Gasteiger partial charge in [0.05, 0.1) is 0 Å². The summed E-state index contributed by atoms with van der Waals surface area (Å²) in [5.41, 5.74) is 18.2. The molecule has 390 valence electrons. The molecule has 0 fully saturated rings. The number of aromatic nitrogens is 2.